The van der Waals surface area contributed by atoms with E-state index in [-0.39, 0.29) is 12.3 Å². The number of ether oxygens (including phenoxy) is 2. The molecule has 0 amide bonds. The number of hydrogen-bond donors (Lipinski definition) is 1. The van der Waals surface area contributed by atoms with Gasteiger partial charge in [0.25, 0.3) is 0 Å². The Labute approximate surface area is 95.8 Å². The van der Waals surface area contributed by atoms with Crippen molar-refractivity contribution in [3.05, 3.63) is 18.2 Å². The maximum absolute atomic E-state index is 5.46. The first-order chi connectivity index (χ1) is 7.85. The maximum Gasteiger partial charge on any atom is 0.159 e. The highest BCUT2D eigenvalue weighted by molar-refractivity contribution is 4.99. The van der Waals surface area contributed by atoms with Crippen molar-refractivity contribution in [1.82, 2.24) is 14.9 Å². The van der Waals surface area contributed by atoms with Crippen LogP contribution >= 0.6 is 0 Å². The third-order valence-corrected chi connectivity index (χ3v) is 2.87. The molecule has 1 N–H and O–H groups in total. The van der Waals surface area contributed by atoms with Crippen LogP contribution in [-0.2, 0) is 16.0 Å². The number of hydrogen-bond acceptors (Lipinski definition) is 4. The molecule has 1 unspecified atom stereocenters. The van der Waals surface area contributed by atoms with Gasteiger partial charge in [-0.3, -0.25) is 0 Å². The SMILES string of the molecule is CCn1ccnc1C(CC1OCCO1)NC. The molecule has 0 radical (unpaired) electrons. The van der Waals surface area contributed by atoms with E-state index in [1.54, 1.807) is 0 Å². The molecular formula is C11H19N3O2. The van der Waals surface area contributed by atoms with E-state index >= 15 is 0 Å². The Morgan fingerprint density at radius 2 is 2.31 bits per heavy atom. The molecule has 1 aliphatic heterocycles. The van der Waals surface area contributed by atoms with Crippen LogP contribution in [0.1, 0.15) is 25.2 Å². The Morgan fingerprint density at radius 3 is 2.94 bits per heavy atom. The van der Waals surface area contributed by atoms with Crippen LogP contribution in [0.4, 0.5) is 0 Å². The minimum atomic E-state index is -0.0977. The predicted molar refractivity (Wildman–Crippen MR) is 60.0 cm³/mol. The lowest BCUT2D eigenvalue weighted by Crippen LogP contribution is -2.25. The minimum absolute atomic E-state index is 0.0977. The van der Waals surface area contributed by atoms with Gasteiger partial charge in [-0.2, -0.15) is 0 Å². The van der Waals surface area contributed by atoms with E-state index in [1.807, 2.05) is 19.4 Å². The Kier molecular flexibility index (Phi) is 3.93. The molecule has 1 atom stereocenters. The summed E-state index contributed by atoms with van der Waals surface area (Å²) >= 11 is 0. The minimum Gasteiger partial charge on any atom is -0.350 e. The Bertz CT molecular complexity index is 321. The summed E-state index contributed by atoms with van der Waals surface area (Å²) in [6, 6.07) is 0.179. The number of nitrogens with zero attached hydrogens (tertiary/aromatic N) is 2. The summed E-state index contributed by atoms with van der Waals surface area (Å²) in [5.74, 6) is 1.05. The lowest BCUT2D eigenvalue weighted by Gasteiger charge is -2.19. The van der Waals surface area contributed by atoms with Crippen LogP contribution in [0.2, 0.25) is 0 Å². The van der Waals surface area contributed by atoms with Crippen LogP contribution in [-0.4, -0.2) is 36.1 Å². The van der Waals surface area contributed by atoms with E-state index < -0.39 is 0 Å². The smallest absolute Gasteiger partial charge is 0.159 e. The summed E-state index contributed by atoms with van der Waals surface area (Å²) < 4.78 is 13.1. The molecule has 1 aromatic rings. The van der Waals surface area contributed by atoms with Gasteiger partial charge in [-0.25, -0.2) is 4.98 Å². The Morgan fingerprint density at radius 1 is 1.56 bits per heavy atom. The quantitative estimate of drug-likeness (QED) is 0.809. The van der Waals surface area contributed by atoms with Gasteiger partial charge >= 0.3 is 0 Å². The number of rotatable bonds is 5. The van der Waals surface area contributed by atoms with Crippen LogP contribution in [0.25, 0.3) is 0 Å². The van der Waals surface area contributed by atoms with Gasteiger partial charge in [0.1, 0.15) is 5.82 Å². The van der Waals surface area contributed by atoms with Crippen molar-refractivity contribution in [2.45, 2.75) is 32.2 Å². The molecule has 1 fully saturated rings. The van der Waals surface area contributed by atoms with Crippen LogP contribution in [0.3, 0.4) is 0 Å². The lowest BCUT2D eigenvalue weighted by atomic mass is 10.2. The fourth-order valence-corrected chi connectivity index (χ4v) is 1.99. The van der Waals surface area contributed by atoms with Crippen molar-refractivity contribution in [1.29, 1.82) is 0 Å². The van der Waals surface area contributed by atoms with Gasteiger partial charge in [0.2, 0.25) is 0 Å². The maximum atomic E-state index is 5.46. The van der Waals surface area contributed by atoms with E-state index in [2.05, 4.69) is 21.8 Å². The van der Waals surface area contributed by atoms with E-state index in [9.17, 15) is 0 Å². The third-order valence-electron chi connectivity index (χ3n) is 2.87. The van der Waals surface area contributed by atoms with Crippen molar-refractivity contribution in [2.75, 3.05) is 20.3 Å². The lowest BCUT2D eigenvalue weighted by molar-refractivity contribution is -0.0532. The second-order valence-electron chi connectivity index (χ2n) is 3.82. The summed E-state index contributed by atoms with van der Waals surface area (Å²) in [7, 11) is 1.94. The van der Waals surface area contributed by atoms with E-state index in [0.717, 1.165) is 18.8 Å². The van der Waals surface area contributed by atoms with Gasteiger partial charge in [0.05, 0.1) is 19.3 Å². The Balaban J connectivity index is 2.03. The summed E-state index contributed by atoms with van der Waals surface area (Å²) in [4.78, 5) is 4.39. The van der Waals surface area contributed by atoms with Gasteiger partial charge in [-0.05, 0) is 14.0 Å². The second-order valence-corrected chi connectivity index (χ2v) is 3.82. The van der Waals surface area contributed by atoms with Gasteiger partial charge in [0, 0.05) is 25.4 Å². The number of nitrogens with one attached hydrogen (secondary N) is 1. The molecule has 0 aromatic carbocycles. The highest BCUT2D eigenvalue weighted by atomic mass is 16.7. The van der Waals surface area contributed by atoms with Gasteiger partial charge in [0.15, 0.2) is 6.29 Å². The number of aryl methyl sites for hydroxylation is 1. The van der Waals surface area contributed by atoms with Crippen molar-refractivity contribution < 1.29 is 9.47 Å². The molecule has 0 spiro atoms. The largest absolute Gasteiger partial charge is 0.350 e. The molecule has 0 aliphatic carbocycles. The van der Waals surface area contributed by atoms with E-state index in [4.69, 9.17) is 9.47 Å². The first-order valence-electron chi connectivity index (χ1n) is 5.76. The zero-order chi connectivity index (χ0) is 11.4. The summed E-state index contributed by atoms with van der Waals surface area (Å²) in [5, 5.41) is 3.26. The molecule has 5 heteroatoms. The molecule has 0 saturated carbocycles. The topological polar surface area (TPSA) is 48.3 Å². The van der Waals surface area contributed by atoms with Gasteiger partial charge < -0.3 is 19.4 Å². The normalized spacial score (nSPS) is 19.1. The molecule has 1 aliphatic rings. The molecule has 90 valence electrons. The van der Waals surface area contributed by atoms with Crippen molar-refractivity contribution in [2.24, 2.45) is 0 Å². The highest BCUT2D eigenvalue weighted by Gasteiger charge is 2.23. The first-order valence-corrected chi connectivity index (χ1v) is 5.76. The molecule has 16 heavy (non-hydrogen) atoms. The average molecular weight is 225 g/mol. The summed E-state index contributed by atoms with van der Waals surface area (Å²) in [6.45, 7) is 4.44. The van der Waals surface area contributed by atoms with Crippen LogP contribution in [0, 0.1) is 0 Å². The monoisotopic (exact) mass is 225 g/mol. The van der Waals surface area contributed by atoms with Crippen LogP contribution in [0.15, 0.2) is 12.4 Å². The van der Waals surface area contributed by atoms with Crippen molar-refractivity contribution >= 4 is 0 Å². The third kappa shape index (κ3) is 2.42. The molecule has 5 nitrogen and oxygen atoms in total. The molecule has 2 rings (SSSR count). The predicted octanol–water partition coefficient (Wildman–Crippen LogP) is 0.926. The van der Waals surface area contributed by atoms with E-state index in [1.165, 1.54) is 0 Å². The standard InChI is InChI=1S/C11H19N3O2/c1-3-14-5-4-13-11(14)9(12-2)8-10-15-6-7-16-10/h4-5,9-10,12H,3,6-8H2,1-2H3. The summed E-state index contributed by atoms with van der Waals surface area (Å²) in [6.07, 6.45) is 4.53. The number of aromatic nitrogens is 2. The summed E-state index contributed by atoms with van der Waals surface area (Å²) in [5.41, 5.74) is 0. The highest BCUT2D eigenvalue weighted by Crippen LogP contribution is 2.20. The number of imidazole rings is 1. The van der Waals surface area contributed by atoms with E-state index in [0.29, 0.717) is 13.2 Å². The molecule has 2 heterocycles. The fraction of sp³-hybridized carbons (Fsp3) is 0.727. The van der Waals surface area contributed by atoms with Crippen molar-refractivity contribution in [3.8, 4) is 0 Å². The van der Waals surface area contributed by atoms with Crippen LogP contribution < -0.4 is 5.32 Å². The zero-order valence-electron chi connectivity index (χ0n) is 9.85. The first kappa shape index (κ1) is 11.6. The second kappa shape index (κ2) is 5.43. The van der Waals surface area contributed by atoms with Gasteiger partial charge in [-0.15, -0.1) is 0 Å². The van der Waals surface area contributed by atoms with Crippen molar-refractivity contribution in [3.63, 3.8) is 0 Å². The van der Waals surface area contributed by atoms with Crippen LogP contribution in [0.5, 0.6) is 0 Å². The molecule has 1 saturated heterocycles. The molecular weight excluding hydrogens is 206 g/mol. The molecule has 1 aromatic heterocycles. The Hall–Kier alpha value is -0.910. The fourth-order valence-electron chi connectivity index (χ4n) is 1.99. The average Bonchev–Trinajstić information content (AvgIpc) is 2.96. The van der Waals surface area contributed by atoms with Gasteiger partial charge in [-0.1, -0.05) is 0 Å². The zero-order valence-corrected chi connectivity index (χ0v) is 9.85. The molecule has 0 bridgehead atoms.